The number of benzene rings is 1. The third-order valence-electron chi connectivity index (χ3n) is 2.09. The molecular formula is C11H12ClFN2O2. The van der Waals surface area contributed by atoms with Gasteiger partial charge in [0.05, 0.1) is 5.56 Å². The van der Waals surface area contributed by atoms with Gasteiger partial charge in [-0.15, -0.1) is 0 Å². The lowest BCUT2D eigenvalue weighted by atomic mass is 10.2. The van der Waals surface area contributed by atoms with Crippen LogP contribution in [0.4, 0.5) is 4.39 Å². The van der Waals surface area contributed by atoms with Crippen molar-refractivity contribution in [1.29, 1.82) is 0 Å². The normalized spacial score (nSPS) is 9.82. The molecule has 6 heteroatoms. The Morgan fingerprint density at radius 1 is 1.41 bits per heavy atom. The first-order chi connectivity index (χ1) is 8.04. The molecule has 92 valence electrons. The monoisotopic (exact) mass is 258 g/mol. The largest absolute Gasteiger partial charge is 0.359 e. The lowest BCUT2D eigenvalue weighted by molar-refractivity contribution is -0.120. The van der Waals surface area contributed by atoms with Crippen molar-refractivity contribution >= 4 is 23.4 Å². The summed E-state index contributed by atoms with van der Waals surface area (Å²) in [6.07, 6.45) is 0.143. The zero-order valence-electron chi connectivity index (χ0n) is 9.22. The van der Waals surface area contributed by atoms with Crippen LogP contribution in [0.5, 0.6) is 0 Å². The minimum absolute atomic E-state index is 0.130. The molecule has 0 aliphatic heterocycles. The van der Waals surface area contributed by atoms with E-state index in [9.17, 15) is 14.0 Å². The van der Waals surface area contributed by atoms with Crippen molar-refractivity contribution in [2.45, 2.75) is 6.42 Å². The molecule has 0 heterocycles. The highest BCUT2D eigenvalue weighted by molar-refractivity contribution is 6.31. The summed E-state index contributed by atoms with van der Waals surface area (Å²) in [5.74, 6) is -1.43. The molecular weight excluding hydrogens is 247 g/mol. The molecule has 0 fully saturated rings. The van der Waals surface area contributed by atoms with Gasteiger partial charge in [0, 0.05) is 25.0 Å². The number of halogens is 2. The summed E-state index contributed by atoms with van der Waals surface area (Å²) in [6.45, 7) is 0.143. The maximum Gasteiger partial charge on any atom is 0.254 e. The van der Waals surface area contributed by atoms with Crippen LogP contribution in [-0.2, 0) is 4.79 Å². The fraction of sp³-hybridized carbons (Fsp3) is 0.273. The smallest absolute Gasteiger partial charge is 0.254 e. The van der Waals surface area contributed by atoms with Crippen LogP contribution in [0.25, 0.3) is 0 Å². The number of hydrogen-bond acceptors (Lipinski definition) is 2. The molecule has 0 aliphatic rings. The minimum Gasteiger partial charge on any atom is -0.359 e. The summed E-state index contributed by atoms with van der Waals surface area (Å²) in [4.78, 5) is 22.4. The lowest BCUT2D eigenvalue weighted by Gasteiger charge is -2.05. The van der Waals surface area contributed by atoms with Gasteiger partial charge in [-0.05, 0) is 18.2 Å². The molecule has 0 aliphatic carbocycles. The predicted octanol–water partition coefficient (Wildman–Crippen LogP) is 1.34. The average molecular weight is 259 g/mol. The van der Waals surface area contributed by atoms with Gasteiger partial charge < -0.3 is 10.6 Å². The second kappa shape index (κ2) is 6.20. The van der Waals surface area contributed by atoms with E-state index in [-0.39, 0.29) is 29.5 Å². The Morgan fingerprint density at radius 3 is 2.76 bits per heavy atom. The Kier molecular flexibility index (Phi) is 4.90. The Balaban J connectivity index is 2.58. The summed E-state index contributed by atoms with van der Waals surface area (Å²) in [5.41, 5.74) is -0.130. The van der Waals surface area contributed by atoms with Gasteiger partial charge >= 0.3 is 0 Å². The van der Waals surface area contributed by atoms with E-state index in [4.69, 9.17) is 11.6 Å². The van der Waals surface area contributed by atoms with Gasteiger partial charge in [0.15, 0.2) is 0 Å². The zero-order chi connectivity index (χ0) is 12.8. The highest BCUT2D eigenvalue weighted by atomic mass is 35.5. The van der Waals surface area contributed by atoms with E-state index in [2.05, 4.69) is 10.6 Å². The molecule has 0 atom stereocenters. The van der Waals surface area contributed by atoms with Crippen molar-refractivity contribution < 1.29 is 14.0 Å². The summed E-state index contributed by atoms with van der Waals surface area (Å²) >= 11 is 5.66. The summed E-state index contributed by atoms with van der Waals surface area (Å²) < 4.78 is 13.3. The maximum absolute atomic E-state index is 13.3. The minimum atomic E-state index is -0.646. The molecule has 0 unspecified atom stereocenters. The SMILES string of the molecule is CNC(=O)CCNC(=O)c1cc(Cl)ccc1F. The van der Waals surface area contributed by atoms with E-state index in [0.717, 1.165) is 6.07 Å². The number of carbonyl (C=O) groups excluding carboxylic acids is 2. The maximum atomic E-state index is 13.3. The molecule has 2 N–H and O–H groups in total. The number of carbonyl (C=O) groups is 2. The van der Waals surface area contributed by atoms with Crippen LogP contribution in [0.1, 0.15) is 16.8 Å². The van der Waals surface area contributed by atoms with E-state index in [1.165, 1.54) is 19.2 Å². The van der Waals surface area contributed by atoms with Crippen molar-refractivity contribution in [2.24, 2.45) is 0 Å². The van der Waals surface area contributed by atoms with E-state index < -0.39 is 11.7 Å². The van der Waals surface area contributed by atoms with Crippen molar-refractivity contribution in [3.63, 3.8) is 0 Å². The highest BCUT2D eigenvalue weighted by Crippen LogP contribution is 2.14. The molecule has 1 rings (SSSR count). The van der Waals surface area contributed by atoms with Gasteiger partial charge in [-0.25, -0.2) is 4.39 Å². The molecule has 0 aromatic heterocycles. The summed E-state index contributed by atoms with van der Waals surface area (Å²) in [6, 6.07) is 3.72. The fourth-order valence-electron chi connectivity index (χ4n) is 1.18. The van der Waals surface area contributed by atoms with Crippen LogP contribution in [0.15, 0.2) is 18.2 Å². The Hall–Kier alpha value is -1.62. The van der Waals surface area contributed by atoms with Gasteiger partial charge in [-0.3, -0.25) is 9.59 Å². The quantitative estimate of drug-likeness (QED) is 0.856. The molecule has 0 radical (unpaired) electrons. The van der Waals surface area contributed by atoms with Gasteiger partial charge in [0.2, 0.25) is 5.91 Å². The molecule has 0 bridgehead atoms. The molecule has 0 saturated carbocycles. The highest BCUT2D eigenvalue weighted by Gasteiger charge is 2.11. The first-order valence-corrected chi connectivity index (χ1v) is 5.36. The van der Waals surface area contributed by atoms with E-state index in [1.807, 2.05) is 0 Å². The first-order valence-electron chi connectivity index (χ1n) is 4.98. The second-order valence-corrected chi connectivity index (χ2v) is 3.74. The summed E-state index contributed by atoms with van der Waals surface area (Å²) in [5, 5.41) is 5.13. The third kappa shape index (κ3) is 4.03. The number of nitrogens with one attached hydrogen (secondary N) is 2. The molecule has 17 heavy (non-hydrogen) atoms. The van der Waals surface area contributed by atoms with Crippen molar-refractivity contribution in [3.8, 4) is 0 Å². The zero-order valence-corrected chi connectivity index (χ0v) is 9.97. The van der Waals surface area contributed by atoms with Gasteiger partial charge in [0.1, 0.15) is 5.82 Å². The van der Waals surface area contributed by atoms with E-state index in [0.29, 0.717) is 0 Å². The predicted molar refractivity (Wildman–Crippen MR) is 62.4 cm³/mol. The fourth-order valence-corrected chi connectivity index (χ4v) is 1.35. The standard InChI is InChI=1S/C11H12ClFN2O2/c1-14-10(16)4-5-15-11(17)8-6-7(12)2-3-9(8)13/h2-3,6H,4-5H2,1H3,(H,14,16)(H,15,17). The Morgan fingerprint density at radius 2 is 2.12 bits per heavy atom. The van der Waals surface area contributed by atoms with Gasteiger partial charge in [0.25, 0.3) is 5.91 Å². The number of amides is 2. The topological polar surface area (TPSA) is 58.2 Å². The Bertz CT molecular complexity index is 437. The van der Waals surface area contributed by atoms with E-state index >= 15 is 0 Å². The van der Waals surface area contributed by atoms with E-state index in [1.54, 1.807) is 0 Å². The number of rotatable bonds is 4. The first kappa shape index (κ1) is 13.4. The van der Waals surface area contributed by atoms with Crippen molar-refractivity contribution in [2.75, 3.05) is 13.6 Å². The van der Waals surface area contributed by atoms with Gasteiger partial charge in [-0.1, -0.05) is 11.6 Å². The van der Waals surface area contributed by atoms with Crippen LogP contribution < -0.4 is 10.6 Å². The molecule has 0 spiro atoms. The average Bonchev–Trinajstić information content (AvgIpc) is 2.31. The summed E-state index contributed by atoms with van der Waals surface area (Å²) in [7, 11) is 1.50. The molecule has 2 amide bonds. The molecule has 1 aromatic carbocycles. The third-order valence-corrected chi connectivity index (χ3v) is 2.32. The number of hydrogen-bond donors (Lipinski definition) is 2. The van der Waals surface area contributed by atoms with Gasteiger partial charge in [-0.2, -0.15) is 0 Å². The molecule has 4 nitrogen and oxygen atoms in total. The molecule has 1 aromatic rings. The van der Waals surface area contributed by atoms with Crippen molar-refractivity contribution in [1.82, 2.24) is 10.6 Å². The van der Waals surface area contributed by atoms with Crippen LogP contribution in [0.2, 0.25) is 5.02 Å². The lowest BCUT2D eigenvalue weighted by Crippen LogP contribution is -2.29. The molecule has 0 saturated heterocycles. The van der Waals surface area contributed by atoms with Crippen LogP contribution in [-0.4, -0.2) is 25.4 Å². The van der Waals surface area contributed by atoms with Crippen LogP contribution >= 0.6 is 11.6 Å². The van der Waals surface area contributed by atoms with Crippen LogP contribution in [0, 0.1) is 5.82 Å². The second-order valence-electron chi connectivity index (χ2n) is 3.30. The Labute approximate surface area is 103 Å². The van der Waals surface area contributed by atoms with Crippen LogP contribution in [0.3, 0.4) is 0 Å². The van der Waals surface area contributed by atoms with Crippen molar-refractivity contribution in [3.05, 3.63) is 34.6 Å².